The molecule has 0 radical (unpaired) electrons. The first-order valence-electron chi connectivity index (χ1n) is 8.58. The first kappa shape index (κ1) is 16.8. The average molecular weight is 434 g/mol. The van der Waals surface area contributed by atoms with Gasteiger partial charge in [0.2, 0.25) is 0 Å². The number of rotatable bonds is 3. The van der Waals surface area contributed by atoms with E-state index in [-0.39, 0.29) is 5.82 Å². The van der Waals surface area contributed by atoms with Crippen LogP contribution in [0.1, 0.15) is 0 Å². The highest BCUT2D eigenvalue weighted by Crippen LogP contribution is 2.34. The Hall–Kier alpha value is -3.32. The number of aromatic nitrogens is 5. The molecule has 4 aromatic heterocycles. The molecule has 28 heavy (non-hydrogen) atoms. The summed E-state index contributed by atoms with van der Waals surface area (Å²) in [5, 5.41) is 0.983. The van der Waals surface area contributed by atoms with Crippen molar-refractivity contribution < 1.29 is 4.39 Å². The van der Waals surface area contributed by atoms with Gasteiger partial charge in [-0.15, -0.1) is 0 Å². The molecule has 4 heterocycles. The Morgan fingerprint density at radius 1 is 0.929 bits per heavy atom. The number of aromatic amines is 2. The van der Waals surface area contributed by atoms with Gasteiger partial charge in [-0.2, -0.15) is 0 Å². The molecule has 0 amide bonds. The summed E-state index contributed by atoms with van der Waals surface area (Å²) in [6.45, 7) is 0. The van der Waals surface area contributed by atoms with Gasteiger partial charge in [0, 0.05) is 51.3 Å². The van der Waals surface area contributed by atoms with Crippen molar-refractivity contribution in [3.05, 3.63) is 77.5 Å². The molecular weight excluding hydrogens is 421 g/mol. The molecule has 5 rings (SSSR count). The molecule has 2 N–H and O–H groups in total. The maximum Gasteiger partial charge on any atom is 0.138 e. The predicted molar refractivity (Wildman–Crippen MR) is 110 cm³/mol. The zero-order valence-electron chi connectivity index (χ0n) is 14.4. The number of fused-ring (bicyclic) bond motifs is 1. The molecule has 136 valence electrons. The topological polar surface area (TPSA) is 70.2 Å². The van der Waals surface area contributed by atoms with E-state index in [9.17, 15) is 4.39 Å². The lowest BCUT2D eigenvalue weighted by Crippen LogP contribution is -1.86. The second kappa shape index (κ2) is 6.69. The summed E-state index contributed by atoms with van der Waals surface area (Å²) in [6.07, 6.45) is 7.13. The zero-order chi connectivity index (χ0) is 19.1. The van der Waals surface area contributed by atoms with E-state index >= 15 is 0 Å². The Morgan fingerprint density at radius 2 is 1.71 bits per heavy atom. The van der Waals surface area contributed by atoms with Gasteiger partial charge in [-0.3, -0.25) is 4.98 Å². The van der Waals surface area contributed by atoms with Crippen molar-refractivity contribution in [2.24, 2.45) is 0 Å². The standard InChI is InChI=1S/C21H13BrFN5/c22-17-11-26-21-16(17)9-14(10-25-21)19-18(12-5-7-24-8-6-12)27-20(28-19)13-1-3-15(23)4-2-13/h1-11H,(H,25,26)(H,27,28). The van der Waals surface area contributed by atoms with Gasteiger partial charge in [0.25, 0.3) is 0 Å². The van der Waals surface area contributed by atoms with Crippen LogP contribution in [0.2, 0.25) is 0 Å². The molecule has 0 aliphatic heterocycles. The minimum Gasteiger partial charge on any atom is -0.345 e. The van der Waals surface area contributed by atoms with Gasteiger partial charge in [0.1, 0.15) is 17.3 Å². The van der Waals surface area contributed by atoms with E-state index in [4.69, 9.17) is 4.98 Å². The lowest BCUT2D eigenvalue weighted by atomic mass is 10.1. The highest BCUT2D eigenvalue weighted by molar-refractivity contribution is 9.10. The number of halogens is 2. The summed E-state index contributed by atoms with van der Waals surface area (Å²) < 4.78 is 14.3. The normalized spacial score (nSPS) is 11.2. The molecule has 5 aromatic rings. The van der Waals surface area contributed by atoms with Crippen molar-refractivity contribution in [2.45, 2.75) is 0 Å². The minimum atomic E-state index is -0.281. The monoisotopic (exact) mass is 433 g/mol. The highest BCUT2D eigenvalue weighted by atomic mass is 79.9. The van der Waals surface area contributed by atoms with Crippen molar-refractivity contribution in [3.63, 3.8) is 0 Å². The third-order valence-electron chi connectivity index (χ3n) is 4.54. The van der Waals surface area contributed by atoms with Crippen molar-refractivity contribution >= 4 is 27.0 Å². The van der Waals surface area contributed by atoms with Crippen molar-refractivity contribution in [1.29, 1.82) is 0 Å². The maximum atomic E-state index is 13.3. The van der Waals surface area contributed by atoms with Crippen LogP contribution in [0, 0.1) is 5.82 Å². The largest absolute Gasteiger partial charge is 0.345 e. The molecule has 0 fully saturated rings. The lowest BCUT2D eigenvalue weighted by molar-refractivity contribution is 0.628. The van der Waals surface area contributed by atoms with Crippen LogP contribution in [-0.4, -0.2) is 24.9 Å². The third kappa shape index (κ3) is 2.90. The number of hydrogen-bond donors (Lipinski definition) is 2. The van der Waals surface area contributed by atoms with Crippen LogP contribution in [0.5, 0.6) is 0 Å². The Labute approximate surface area is 167 Å². The number of H-pyrrole nitrogens is 2. The van der Waals surface area contributed by atoms with Crippen LogP contribution >= 0.6 is 15.9 Å². The number of nitrogens with zero attached hydrogens (tertiary/aromatic N) is 3. The molecule has 0 bridgehead atoms. The molecule has 0 saturated heterocycles. The van der Waals surface area contributed by atoms with Crippen LogP contribution in [-0.2, 0) is 0 Å². The Kier molecular flexibility index (Phi) is 4.02. The molecule has 0 unspecified atom stereocenters. The summed E-state index contributed by atoms with van der Waals surface area (Å²) >= 11 is 3.54. The maximum absolute atomic E-state index is 13.3. The van der Waals surface area contributed by atoms with E-state index in [0.717, 1.165) is 43.6 Å². The number of imidazole rings is 1. The highest BCUT2D eigenvalue weighted by Gasteiger charge is 2.17. The van der Waals surface area contributed by atoms with Gasteiger partial charge in [0.15, 0.2) is 0 Å². The Balaban J connectivity index is 1.72. The first-order chi connectivity index (χ1) is 13.7. The molecule has 5 nitrogen and oxygen atoms in total. The fourth-order valence-corrected chi connectivity index (χ4v) is 3.57. The van der Waals surface area contributed by atoms with Crippen LogP contribution in [0.4, 0.5) is 4.39 Å². The Morgan fingerprint density at radius 3 is 2.50 bits per heavy atom. The molecule has 1 aromatic carbocycles. The zero-order valence-corrected chi connectivity index (χ0v) is 16.0. The molecule has 0 atom stereocenters. The molecule has 0 saturated carbocycles. The van der Waals surface area contributed by atoms with E-state index in [1.165, 1.54) is 12.1 Å². The number of benzene rings is 1. The van der Waals surface area contributed by atoms with E-state index in [1.54, 1.807) is 30.7 Å². The summed E-state index contributed by atoms with van der Waals surface area (Å²) in [7, 11) is 0. The number of hydrogen-bond acceptors (Lipinski definition) is 3. The van der Waals surface area contributed by atoms with Gasteiger partial charge < -0.3 is 9.97 Å². The fourth-order valence-electron chi connectivity index (χ4n) is 3.15. The summed E-state index contributed by atoms with van der Waals surface area (Å²) in [5.74, 6) is 0.381. The smallest absolute Gasteiger partial charge is 0.138 e. The van der Waals surface area contributed by atoms with Crippen LogP contribution in [0.15, 0.2) is 71.7 Å². The third-order valence-corrected chi connectivity index (χ3v) is 5.20. The van der Waals surface area contributed by atoms with Crippen LogP contribution < -0.4 is 0 Å². The van der Waals surface area contributed by atoms with E-state index < -0.39 is 0 Å². The van der Waals surface area contributed by atoms with Crippen LogP contribution in [0.3, 0.4) is 0 Å². The lowest BCUT2D eigenvalue weighted by Gasteiger charge is -2.03. The summed E-state index contributed by atoms with van der Waals surface area (Å²) in [5.41, 5.74) is 5.07. The van der Waals surface area contributed by atoms with Gasteiger partial charge in [-0.25, -0.2) is 14.4 Å². The molecule has 7 heteroatoms. The van der Waals surface area contributed by atoms with E-state index in [0.29, 0.717) is 5.82 Å². The first-order valence-corrected chi connectivity index (χ1v) is 9.38. The summed E-state index contributed by atoms with van der Waals surface area (Å²) in [6, 6.07) is 12.1. The predicted octanol–water partition coefficient (Wildman–Crippen LogP) is 5.58. The SMILES string of the molecule is Fc1ccc(-c2nc(-c3ccncc3)c(-c3cnc4[nH]cc(Br)c4c3)[nH]2)cc1. The fraction of sp³-hybridized carbons (Fsp3) is 0. The van der Waals surface area contributed by atoms with Gasteiger partial charge in [0.05, 0.1) is 11.4 Å². The van der Waals surface area contributed by atoms with Gasteiger partial charge in [-0.1, -0.05) is 0 Å². The van der Waals surface area contributed by atoms with Crippen molar-refractivity contribution in [3.8, 4) is 33.9 Å². The van der Waals surface area contributed by atoms with Gasteiger partial charge in [-0.05, 0) is 58.4 Å². The molecule has 0 spiro atoms. The van der Waals surface area contributed by atoms with Crippen LogP contribution in [0.25, 0.3) is 44.9 Å². The van der Waals surface area contributed by atoms with E-state index in [1.807, 2.05) is 18.3 Å². The number of nitrogens with one attached hydrogen (secondary N) is 2. The second-order valence-electron chi connectivity index (χ2n) is 6.31. The quantitative estimate of drug-likeness (QED) is 0.389. The Bertz CT molecular complexity index is 1280. The molecule has 0 aliphatic carbocycles. The van der Waals surface area contributed by atoms with Crippen molar-refractivity contribution in [2.75, 3.05) is 0 Å². The second-order valence-corrected chi connectivity index (χ2v) is 7.16. The van der Waals surface area contributed by atoms with E-state index in [2.05, 4.69) is 41.9 Å². The minimum absolute atomic E-state index is 0.281. The van der Waals surface area contributed by atoms with Gasteiger partial charge >= 0.3 is 0 Å². The summed E-state index contributed by atoms with van der Waals surface area (Å²) in [4.78, 5) is 19.9. The molecular formula is C21H13BrFN5. The number of pyridine rings is 2. The average Bonchev–Trinajstić information content (AvgIpc) is 3.33. The molecule has 0 aliphatic rings. The van der Waals surface area contributed by atoms with Crippen molar-refractivity contribution in [1.82, 2.24) is 24.9 Å².